The molecule has 2 heterocycles. The molecule has 3 N–H and O–H groups in total. The molecule has 0 bridgehead atoms. The molecule has 1 atom stereocenters. The molecule has 0 aliphatic carbocycles. The number of carbonyl (C=O) groups excluding carboxylic acids is 1. The van der Waals surface area contributed by atoms with Gasteiger partial charge >= 0.3 is 0 Å². The van der Waals surface area contributed by atoms with E-state index in [0.29, 0.717) is 12.5 Å². The van der Waals surface area contributed by atoms with Crippen molar-refractivity contribution in [2.24, 2.45) is 17.6 Å². The van der Waals surface area contributed by atoms with Gasteiger partial charge in [-0.15, -0.1) is 24.8 Å². The zero-order chi connectivity index (χ0) is 16.1. The third kappa shape index (κ3) is 6.59. The number of carbonyl (C=O) groups is 1. The monoisotopic (exact) mass is 380 g/mol. The van der Waals surface area contributed by atoms with Crippen LogP contribution in [0, 0.1) is 25.7 Å². The number of nitrogens with two attached hydrogens (primary N) is 1. The lowest BCUT2D eigenvalue weighted by atomic mass is 9.96. The zero-order valence-corrected chi connectivity index (χ0v) is 16.3. The second-order valence-corrected chi connectivity index (χ2v) is 6.35. The Morgan fingerprint density at radius 2 is 2.00 bits per heavy atom. The van der Waals surface area contributed by atoms with Crippen molar-refractivity contribution in [1.82, 2.24) is 15.2 Å². The van der Waals surface area contributed by atoms with E-state index in [1.165, 1.54) is 0 Å². The molecule has 6 nitrogen and oxygen atoms in total. The van der Waals surface area contributed by atoms with Gasteiger partial charge in [0, 0.05) is 19.0 Å². The van der Waals surface area contributed by atoms with Gasteiger partial charge in [0.05, 0.1) is 12.2 Å². The van der Waals surface area contributed by atoms with Crippen molar-refractivity contribution in [2.75, 3.05) is 26.2 Å². The number of aromatic nitrogens is 1. The molecule has 1 amide bonds. The lowest BCUT2D eigenvalue weighted by Crippen LogP contribution is -2.40. The molecule has 0 spiro atoms. The lowest BCUT2D eigenvalue weighted by Gasteiger charge is -2.31. The molecule has 0 aromatic carbocycles. The number of aryl methyl sites for hydroxylation is 2. The number of hydrogen-bond acceptors (Lipinski definition) is 5. The van der Waals surface area contributed by atoms with Gasteiger partial charge in [-0.05, 0) is 45.7 Å². The summed E-state index contributed by atoms with van der Waals surface area (Å²) >= 11 is 0. The molecular formula is C16H30Cl2N4O2. The van der Waals surface area contributed by atoms with Gasteiger partial charge in [-0.25, -0.2) is 4.98 Å². The van der Waals surface area contributed by atoms with Crippen LogP contribution in [0.3, 0.4) is 0 Å². The van der Waals surface area contributed by atoms with E-state index < -0.39 is 0 Å². The van der Waals surface area contributed by atoms with Crippen molar-refractivity contribution in [3.63, 3.8) is 0 Å². The molecular weight excluding hydrogens is 351 g/mol. The number of oxazole rings is 1. The number of halogens is 2. The van der Waals surface area contributed by atoms with E-state index in [2.05, 4.69) is 15.2 Å². The standard InChI is InChI=1S/C16H28N4O2.2ClH/c1-11(8-17)16(21)18-9-14-4-6-20(7-5-14)10-15-19-12(2)13(3)22-15;;/h11,14H,4-10,17H2,1-3H3,(H,18,21);2*1H. The highest BCUT2D eigenvalue weighted by atomic mass is 35.5. The lowest BCUT2D eigenvalue weighted by molar-refractivity contribution is -0.124. The molecule has 1 aliphatic heterocycles. The predicted molar refractivity (Wildman–Crippen MR) is 99.7 cm³/mol. The molecule has 2 rings (SSSR count). The van der Waals surface area contributed by atoms with E-state index in [-0.39, 0.29) is 36.6 Å². The van der Waals surface area contributed by atoms with E-state index in [9.17, 15) is 4.79 Å². The highest BCUT2D eigenvalue weighted by Crippen LogP contribution is 2.19. The number of nitrogens with one attached hydrogen (secondary N) is 1. The van der Waals surface area contributed by atoms with Crippen LogP contribution in [-0.2, 0) is 11.3 Å². The minimum Gasteiger partial charge on any atom is -0.444 e. The second kappa shape index (κ2) is 10.9. The van der Waals surface area contributed by atoms with Crippen LogP contribution in [0.4, 0.5) is 0 Å². The summed E-state index contributed by atoms with van der Waals surface area (Å²) in [6, 6.07) is 0. The Balaban J connectivity index is 0.00000264. The molecule has 1 unspecified atom stereocenters. The minimum absolute atomic E-state index is 0. The number of likely N-dealkylation sites (tertiary alicyclic amines) is 1. The van der Waals surface area contributed by atoms with Crippen molar-refractivity contribution in [2.45, 2.75) is 40.2 Å². The Hall–Kier alpha value is -0.820. The van der Waals surface area contributed by atoms with Crippen molar-refractivity contribution in [3.05, 3.63) is 17.3 Å². The van der Waals surface area contributed by atoms with Gasteiger partial charge in [-0.3, -0.25) is 9.69 Å². The Morgan fingerprint density at radius 1 is 1.38 bits per heavy atom. The first-order chi connectivity index (χ1) is 10.5. The van der Waals surface area contributed by atoms with E-state index in [1.54, 1.807) is 0 Å². The Labute approximate surface area is 156 Å². The fourth-order valence-electron chi connectivity index (χ4n) is 2.67. The van der Waals surface area contributed by atoms with Crippen LogP contribution in [0.25, 0.3) is 0 Å². The second-order valence-electron chi connectivity index (χ2n) is 6.35. The molecule has 1 aliphatic rings. The third-order valence-electron chi connectivity index (χ3n) is 4.50. The summed E-state index contributed by atoms with van der Waals surface area (Å²) in [5.74, 6) is 2.23. The van der Waals surface area contributed by atoms with Crippen LogP contribution >= 0.6 is 24.8 Å². The molecule has 8 heteroatoms. The average Bonchev–Trinajstić information content (AvgIpc) is 2.83. The van der Waals surface area contributed by atoms with Crippen LogP contribution in [0.5, 0.6) is 0 Å². The summed E-state index contributed by atoms with van der Waals surface area (Å²) < 4.78 is 5.64. The third-order valence-corrected chi connectivity index (χ3v) is 4.50. The minimum atomic E-state index is -0.100. The van der Waals surface area contributed by atoms with E-state index in [0.717, 1.165) is 56.4 Å². The Morgan fingerprint density at radius 3 is 2.50 bits per heavy atom. The molecule has 1 aromatic rings. The number of piperidine rings is 1. The van der Waals surface area contributed by atoms with Crippen molar-refractivity contribution < 1.29 is 9.21 Å². The summed E-state index contributed by atoms with van der Waals surface area (Å²) in [6.07, 6.45) is 2.19. The van der Waals surface area contributed by atoms with E-state index in [1.807, 2.05) is 20.8 Å². The summed E-state index contributed by atoms with van der Waals surface area (Å²) in [7, 11) is 0. The first kappa shape index (κ1) is 23.2. The largest absolute Gasteiger partial charge is 0.444 e. The van der Waals surface area contributed by atoms with Crippen molar-refractivity contribution in [1.29, 1.82) is 0 Å². The number of hydrogen-bond donors (Lipinski definition) is 2. The quantitative estimate of drug-likeness (QED) is 0.788. The van der Waals surface area contributed by atoms with Gasteiger partial charge < -0.3 is 15.5 Å². The molecule has 1 saturated heterocycles. The normalized spacial score (nSPS) is 16.8. The van der Waals surface area contributed by atoms with Gasteiger partial charge in [0.1, 0.15) is 5.76 Å². The van der Waals surface area contributed by atoms with Gasteiger partial charge in [-0.1, -0.05) is 6.92 Å². The van der Waals surface area contributed by atoms with Crippen molar-refractivity contribution >= 4 is 30.7 Å². The van der Waals surface area contributed by atoms with Gasteiger partial charge in [0.2, 0.25) is 11.8 Å². The molecule has 140 valence electrons. The Bertz CT molecular complexity index is 483. The fourth-order valence-corrected chi connectivity index (χ4v) is 2.67. The van der Waals surface area contributed by atoms with Gasteiger partial charge in [0.25, 0.3) is 0 Å². The van der Waals surface area contributed by atoms with Crippen molar-refractivity contribution in [3.8, 4) is 0 Å². The number of amides is 1. The molecule has 0 radical (unpaired) electrons. The molecule has 1 fully saturated rings. The van der Waals surface area contributed by atoms with E-state index in [4.69, 9.17) is 10.2 Å². The number of rotatable bonds is 6. The summed E-state index contributed by atoms with van der Waals surface area (Å²) in [5.41, 5.74) is 6.48. The van der Waals surface area contributed by atoms with Gasteiger partial charge in [-0.2, -0.15) is 0 Å². The SMILES string of the molecule is Cc1nc(CN2CCC(CNC(=O)C(C)CN)CC2)oc1C.Cl.Cl. The molecule has 24 heavy (non-hydrogen) atoms. The van der Waals surface area contributed by atoms with Crippen LogP contribution in [-0.4, -0.2) is 42.0 Å². The van der Waals surface area contributed by atoms with E-state index >= 15 is 0 Å². The first-order valence-electron chi connectivity index (χ1n) is 8.12. The van der Waals surface area contributed by atoms with Gasteiger partial charge in [0.15, 0.2) is 0 Å². The van der Waals surface area contributed by atoms with Crippen LogP contribution in [0.2, 0.25) is 0 Å². The van der Waals surface area contributed by atoms with Crippen LogP contribution < -0.4 is 11.1 Å². The first-order valence-corrected chi connectivity index (χ1v) is 8.12. The number of nitrogens with zero attached hydrogens (tertiary/aromatic N) is 2. The molecule has 1 aromatic heterocycles. The zero-order valence-electron chi connectivity index (χ0n) is 14.7. The average molecular weight is 381 g/mol. The van der Waals surface area contributed by atoms with Crippen LogP contribution in [0.1, 0.15) is 37.1 Å². The maximum atomic E-state index is 11.7. The molecule has 0 saturated carbocycles. The Kier molecular flexibility index (Phi) is 10.6. The summed E-state index contributed by atoms with van der Waals surface area (Å²) in [6.45, 7) is 9.76. The highest BCUT2D eigenvalue weighted by molar-refractivity contribution is 5.85. The fraction of sp³-hybridized carbons (Fsp3) is 0.750. The smallest absolute Gasteiger partial charge is 0.224 e. The maximum Gasteiger partial charge on any atom is 0.224 e. The topological polar surface area (TPSA) is 84.4 Å². The maximum absolute atomic E-state index is 11.7. The summed E-state index contributed by atoms with van der Waals surface area (Å²) in [4.78, 5) is 18.5. The predicted octanol–water partition coefficient (Wildman–Crippen LogP) is 2.06. The van der Waals surface area contributed by atoms with Crippen LogP contribution in [0.15, 0.2) is 4.42 Å². The highest BCUT2D eigenvalue weighted by Gasteiger charge is 2.22. The summed E-state index contributed by atoms with van der Waals surface area (Å²) in [5, 5.41) is 3.01.